The quantitative estimate of drug-likeness (QED) is 0.686. The summed E-state index contributed by atoms with van der Waals surface area (Å²) in [6.45, 7) is 5.43. The van der Waals surface area contributed by atoms with E-state index >= 15 is 0 Å². The maximum absolute atomic E-state index is 11.4. The molecule has 5 nitrogen and oxygen atoms in total. The SMILES string of the molecule is CCC(CC)CNS(=O)(=O)C(C)C(=O)O. The van der Waals surface area contributed by atoms with Crippen LogP contribution >= 0.6 is 0 Å². The Morgan fingerprint density at radius 3 is 2.13 bits per heavy atom. The van der Waals surface area contributed by atoms with E-state index in [9.17, 15) is 13.2 Å². The van der Waals surface area contributed by atoms with Crippen LogP contribution in [-0.2, 0) is 14.8 Å². The smallest absolute Gasteiger partial charge is 0.323 e. The van der Waals surface area contributed by atoms with Crippen molar-refractivity contribution in [2.24, 2.45) is 5.92 Å². The zero-order valence-corrected chi connectivity index (χ0v) is 10.2. The van der Waals surface area contributed by atoms with E-state index in [-0.39, 0.29) is 5.92 Å². The van der Waals surface area contributed by atoms with E-state index in [2.05, 4.69) is 4.72 Å². The van der Waals surface area contributed by atoms with Crippen molar-refractivity contribution in [1.82, 2.24) is 4.72 Å². The average molecular weight is 237 g/mol. The number of rotatable bonds is 7. The molecule has 90 valence electrons. The predicted molar refractivity (Wildman–Crippen MR) is 58.1 cm³/mol. The van der Waals surface area contributed by atoms with Crippen LogP contribution in [-0.4, -0.2) is 31.3 Å². The molecular formula is C9H19NO4S. The fourth-order valence-corrected chi connectivity index (χ4v) is 2.05. The Morgan fingerprint density at radius 1 is 1.33 bits per heavy atom. The third-order valence-electron chi connectivity index (χ3n) is 2.54. The summed E-state index contributed by atoms with van der Waals surface area (Å²) in [5.41, 5.74) is 0. The maximum Gasteiger partial charge on any atom is 0.323 e. The summed E-state index contributed by atoms with van der Waals surface area (Å²) in [5, 5.41) is 7.18. The normalized spacial score (nSPS) is 14.1. The maximum atomic E-state index is 11.4. The van der Waals surface area contributed by atoms with Gasteiger partial charge in [0.15, 0.2) is 5.25 Å². The lowest BCUT2D eigenvalue weighted by Crippen LogP contribution is -2.39. The number of hydrogen-bond acceptors (Lipinski definition) is 3. The summed E-state index contributed by atoms with van der Waals surface area (Å²) >= 11 is 0. The molecule has 0 rings (SSSR count). The molecule has 0 saturated carbocycles. The molecule has 0 bridgehead atoms. The molecule has 1 atom stereocenters. The van der Waals surface area contributed by atoms with Crippen molar-refractivity contribution < 1.29 is 18.3 Å². The molecule has 0 spiro atoms. The van der Waals surface area contributed by atoms with Crippen LogP contribution in [0.2, 0.25) is 0 Å². The van der Waals surface area contributed by atoms with Gasteiger partial charge in [-0.2, -0.15) is 0 Å². The fourth-order valence-electron chi connectivity index (χ4n) is 1.07. The van der Waals surface area contributed by atoms with Crippen molar-refractivity contribution in [1.29, 1.82) is 0 Å². The molecule has 0 aliphatic rings. The molecule has 15 heavy (non-hydrogen) atoms. The van der Waals surface area contributed by atoms with Crippen LogP contribution in [0.5, 0.6) is 0 Å². The topological polar surface area (TPSA) is 83.5 Å². The van der Waals surface area contributed by atoms with Crippen molar-refractivity contribution in [3.63, 3.8) is 0 Å². The van der Waals surface area contributed by atoms with E-state index in [1.807, 2.05) is 13.8 Å². The van der Waals surface area contributed by atoms with Crippen LogP contribution in [0.1, 0.15) is 33.6 Å². The largest absolute Gasteiger partial charge is 0.480 e. The lowest BCUT2D eigenvalue weighted by atomic mass is 10.0. The van der Waals surface area contributed by atoms with Gasteiger partial charge in [-0.05, 0) is 12.8 Å². The van der Waals surface area contributed by atoms with Gasteiger partial charge in [0.1, 0.15) is 0 Å². The van der Waals surface area contributed by atoms with Gasteiger partial charge >= 0.3 is 5.97 Å². The molecule has 0 aliphatic carbocycles. The van der Waals surface area contributed by atoms with Gasteiger partial charge < -0.3 is 5.11 Å². The molecule has 0 amide bonds. The van der Waals surface area contributed by atoms with E-state index in [1.54, 1.807) is 0 Å². The summed E-state index contributed by atoms with van der Waals surface area (Å²) in [5.74, 6) is -1.06. The summed E-state index contributed by atoms with van der Waals surface area (Å²) in [6, 6.07) is 0. The second-order valence-corrected chi connectivity index (χ2v) is 5.64. The van der Waals surface area contributed by atoms with Gasteiger partial charge in [0, 0.05) is 6.54 Å². The summed E-state index contributed by atoms with van der Waals surface area (Å²) < 4.78 is 25.2. The first-order chi connectivity index (χ1) is 6.85. The Bertz CT molecular complexity index is 295. The third kappa shape index (κ3) is 4.61. The van der Waals surface area contributed by atoms with Gasteiger partial charge in [-0.1, -0.05) is 26.7 Å². The first-order valence-electron chi connectivity index (χ1n) is 5.06. The van der Waals surface area contributed by atoms with Crippen LogP contribution < -0.4 is 4.72 Å². The van der Waals surface area contributed by atoms with Crippen LogP contribution in [0.15, 0.2) is 0 Å². The van der Waals surface area contributed by atoms with Crippen molar-refractivity contribution in [2.75, 3.05) is 6.54 Å². The molecule has 0 aromatic heterocycles. The Hall–Kier alpha value is -0.620. The molecule has 6 heteroatoms. The van der Waals surface area contributed by atoms with Crippen molar-refractivity contribution in [2.45, 2.75) is 38.9 Å². The van der Waals surface area contributed by atoms with Gasteiger partial charge in [-0.3, -0.25) is 4.79 Å². The Labute approximate surface area is 90.9 Å². The minimum absolute atomic E-state index is 0.265. The molecule has 0 radical (unpaired) electrons. The molecule has 1 unspecified atom stereocenters. The molecule has 0 aliphatic heterocycles. The van der Waals surface area contributed by atoms with Crippen LogP contribution in [0.25, 0.3) is 0 Å². The summed E-state index contributed by atoms with van der Waals surface area (Å²) in [7, 11) is -3.72. The highest BCUT2D eigenvalue weighted by molar-refractivity contribution is 7.90. The highest BCUT2D eigenvalue weighted by Gasteiger charge is 2.27. The van der Waals surface area contributed by atoms with E-state index in [0.29, 0.717) is 6.54 Å². The minimum Gasteiger partial charge on any atom is -0.480 e. The monoisotopic (exact) mass is 237 g/mol. The number of hydrogen-bond donors (Lipinski definition) is 2. The fraction of sp³-hybridized carbons (Fsp3) is 0.889. The van der Waals surface area contributed by atoms with Gasteiger partial charge in [0.05, 0.1) is 0 Å². The van der Waals surface area contributed by atoms with Gasteiger partial charge in [-0.25, -0.2) is 13.1 Å². The van der Waals surface area contributed by atoms with E-state index in [0.717, 1.165) is 19.8 Å². The second kappa shape index (κ2) is 6.07. The number of aliphatic carboxylic acids is 1. The first-order valence-corrected chi connectivity index (χ1v) is 6.61. The molecule has 0 heterocycles. The third-order valence-corrected chi connectivity index (χ3v) is 4.24. The zero-order valence-electron chi connectivity index (χ0n) is 9.36. The number of sulfonamides is 1. The Balaban J connectivity index is 4.33. The van der Waals surface area contributed by atoms with Crippen LogP contribution in [0.4, 0.5) is 0 Å². The van der Waals surface area contributed by atoms with Gasteiger partial charge in [0.2, 0.25) is 10.0 Å². The van der Waals surface area contributed by atoms with Crippen LogP contribution in [0.3, 0.4) is 0 Å². The van der Waals surface area contributed by atoms with Crippen molar-refractivity contribution in [3.05, 3.63) is 0 Å². The molecule has 2 N–H and O–H groups in total. The molecule has 0 aromatic rings. The van der Waals surface area contributed by atoms with E-state index in [1.165, 1.54) is 0 Å². The zero-order chi connectivity index (χ0) is 12.1. The Morgan fingerprint density at radius 2 is 1.80 bits per heavy atom. The number of carboxylic acids is 1. The van der Waals surface area contributed by atoms with Crippen molar-refractivity contribution >= 4 is 16.0 Å². The molecular weight excluding hydrogens is 218 g/mol. The van der Waals surface area contributed by atoms with Gasteiger partial charge in [0.25, 0.3) is 0 Å². The van der Waals surface area contributed by atoms with Gasteiger partial charge in [-0.15, -0.1) is 0 Å². The standard InChI is InChI=1S/C9H19NO4S/c1-4-8(5-2)6-10-15(13,14)7(3)9(11)12/h7-8,10H,4-6H2,1-3H3,(H,11,12). The summed E-state index contributed by atoms with van der Waals surface area (Å²) in [6.07, 6.45) is 1.75. The molecule has 0 fully saturated rings. The lowest BCUT2D eigenvalue weighted by Gasteiger charge is -2.15. The number of carbonyl (C=O) groups is 1. The van der Waals surface area contributed by atoms with Crippen LogP contribution in [0, 0.1) is 5.92 Å². The predicted octanol–water partition coefficient (Wildman–Crippen LogP) is 0.815. The molecule has 0 aromatic carbocycles. The average Bonchev–Trinajstić information content (AvgIpc) is 2.18. The lowest BCUT2D eigenvalue weighted by molar-refractivity contribution is -0.136. The first kappa shape index (κ1) is 14.4. The molecule has 0 saturated heterocycles. The number of nitrogens with one attached hydrogen (secondary N) is 1. The second-order valence-electron chi connectivity index (χ2n) is 3.56. The summed E-state index contributed by atoms with van der Waals surface area (Å²) in [4.78, 5) is 10.5. The highest BCUT2D eigenvalue weighted by Crippen LogP contribution is 2.07. The van der Waals surface area contributed by atoms with E-state index < -0.39 is 21.2 Å². The highest BCUT2D eigenvalue weighted by atomic mass is 32.2. The Kier molecular flexibility index (Phi) is 5.82. The van der Waals surface area contributed by atoms with Crippen molar-refractivity contribution in [3.8, 4) is 0 Å². The van der Waals surface area contributed by atoms with E-state index in [4.69, 9.17) is 5.11 Å². The minimum atomic E-state index is -3.72. The number of carboxylic acid groups (broad SMARTS) is 1.